The molecular weight excluding hydrogens is 340 g/mol. The van der Waals surface area contributed by atoms with Gasteiger partial charge < -0.3 is 14.8 Å². The van der Waals surface area contributed by atoms with E-state index in [0.29, 0.717) is 6.61 Å². The van der Waals surface area contributed by atoms with Gasteiger partial charge in [-0.15, -0.1) is 0 Å². The van der Waals surface area contributed by atoms with Crippen LogP contribution in [0.1, 0.15) is 25.3 Å². The minimum Gasteiger partial charge on any atom is -0.486 e. The maximum atomic E-state index is 11.8. The van der Waals surface area contributed by atoms with Gasteiger partial charge in [-0.1, -0.05) is 42.5 Å². The third-order valence-corrected chi connectivity index (χ3v) is 5.48. The molecule has 0 aromatic heterocycles. The summed E-state index contributed by atoms with van der Waals surface area (Å²) in [6, 6.07) is 18.1. The lowest BCUT2D eigenvalue weighted by Gasteiger charge is -2.43. The highest BCUT2D eigenvalue weighted by atomic mass is 16.6. The van der Waals surface area contributed by atoms with Crippen LogP contribution in [-0.4, -0.2) is 43.2 Å². The van der Waals surface area contributed by atoms with Crippen molar-refractivity contribution in [3.63, 3.8) is 0 Å². The van der Waals surface area contributed by atoms with E-state index in [0.717, 1.165) is 44.0 Å². The number of piperidine rings is 1. The molecule has 1 N–H and O–H groups in total. The van der Waals surface area contributed by atoms with E-state index in [1.54, 1.807) is 6.92 Å². The molecule has 0 spiro atoms. The van der Waals surface area contributed by atoms with E-state index in [1.807, 2.05) is 42.5 Å². The predicted molar refractivity (Wildman–Crippen MR) is 104 cm³/mol. The molecule has 0 radical (unpaired) electrons. The van der Waals surface area contributed by atoms with Gasteiger partial charge in [0.1, 0.15) is 12.7 Å². The Morgan fingerprint density at radius 3 is 2.44 bits per heavy atom. The van der Waals surface area contributed by atoms with Crippen LogP contribution < -0.4 is 14.8 Å². The van der Waals surface area contributed by atoms with Crippen LogP contribution in [0.15, 0.2) is 54.6 Å². The highest BCUT2D eigenvalue weighted by Crippen LogP contribution is 2.34. The number of fused-ring (bicyclic) bond motifs is 1. The number of carbonyl (C=O) groups is 1. The summed E-state index contributed by atoms with van der Waals surface area (Å²) in [6.07, 6.45) is 1.81. The summed E-state index contributed by atoms with van der Waals surface area (Å²) in [4.78, 5) is 14.3. The number of likely N-dealkylation sites (tertiary alicyclic amines) is 1. The van der Waals surface area contributed by atoms with Crippen molar-refractivity contribution in [3.8, 4) is 11.5 Å². The summed E-state index contributed by atoms with van der Waals surface area (Å²) in [5.74, 6) is 1.66. The zero-order chi connectivity index (χ0) is 18.7. The quantitative estimate of drug-likeness (QED) is 0.904. The van der Waals surface area contributed by atoms with E-state index in [2.05, 4.69) is 22.3 Å². The number of amides is 1. The smallest absolute Gasteiger partial charge is 0.217 e. The number of nitrogens with one attached hydrogen (secondary N) is 1. The van der Waals surface area contributed by atoms with Crippen molar-refractivity contribution in [2.45, 2.75) is 31.4 Å². The minimum absolute atomic E-state index is 0.0212. The molecule has 0 saturated carbocycles. The molecule has 1 unspecified atom stereocenters. The molecular formula is C22H26N2O3. The average Bonchev–Trinajstić information content (AvgIpc) is 2.70. The molecule has 1 fully saturated rings. The van der Waals surface area contributed by atoms with Gasteiger partial charge in [0.05, 0.1) is 5.54 Å². The van der Waals surface area contributed by atoms with Gasteiger partial charge in [-0.25, -0.2) is 0 Å². The van der Waals surface area contributed by atoms with Gasteiger partial charge in [0.25, 0.3) is 0 Å². The molecule has 5 nitrogen and oxygen atoms in total. The zero-order valence-corrected chi connectivity index (χ0v) is 15.7. The molecule has 4 rings (SSSR count). The first-order valence-corrected chi connectivity index (χ1v) is 9.60. The van der Waals surface area contributed by atoms with Crippen molar-refractivity contribution in [1.82, 2.24) is 10.2 Å². The highest BCUT2D eigenvalue weighted by molar-refractivity contribution is 5.74. The fourth-order valence-corrected chi connectivity index (χ4v) is 4.14. The van der Waals surface area contributed by atoms with Gasteiger partial charge in [0.2, 0.25) is 5.91 Å². The van der Waals surface area contributed by atoms with E-state index in [-0.39, 0.29) is 17.6 Å². The van der Waals surface area contributed by atoms with E-state index in [1.165, 1.54) is 5.56 Å². The van der Waals surface area contributed by atoms with Crippen LogP contribution in [-0.2, 0) is 10.3 Å². The number of hydrogen-bond donors (Lipinski definition) is 1. The fraction of sp³-hybridized carbons (Fsp3) is 0.409. The summed E-state index contributed by atoms with van der Waals surface area (Å²) in [5, 5.41) is 3.23. The van der Waals surface area contributed by atoms with Crippen LogP contribution in [0.4, 0.5) is 0 Å². The van der Waals surface area contributed by atoms with Crippen molar-refractivity contribution in [1.29, 1.82) is 0 Å². The molecule has 1 atom stereocenters. The standard InChI is InChI=1S/C22H26N2O3/c1-17(25)23-22(18-7-3-2-4-8-18)11-13-24(14-12-22)15-19-16-26-20-9-5-6-10-21(20)27-19/h2-10,19H,11-16H2,1H3,(H,23,25). The van der Waals surface area contributed by atoms with E-state index in [9.17, 15) is 4.79 Å². The molecule has 2 heterocycles. The number of ether oxygens (including phenoxy) is 2. The van der Waals surface area contributed by atoms with Crippen molar-refractivity contribution in [2.75, 3.05) is 26.2 Å². The van der Waals surface area contributed by atoms with Crippen molar-refractivity contribution >= 4 is 5.91 Å². The summed E-state index contributed by atoms with van der Waals surface area (Å²) in [5.41, 5.74) is 0.908. The summed E-state index contributed by atoms with van der Waals surface area (Å²) in [7, 11) is 0. The van der Waals surface area contributed by atoms with Crippen molar-refractivity contribution in [3.05, 3.63) is 60.2 Å². The first kappa shape index (κ1) is 17.9. The Morgan fingerprint density at radius 2 is 1.74 bits per heavy atom. The number of nitrogens with zero attached hydrogens (tertiary/aromatic N) is 1. The Kier molecular flexibility index (Phi) is 5.03. The average molecular weight is 366 g/mol. The van der Waals surface area contributed by atoms with Crippen molar-refractivity contribution < 1.29 is 14.3 Å². The maximum Gasteiger partial charge on any atom is 0.217 e. The van der Waals surface area contributed by atoms with Gasteiger partial charge >= 0.3 is 0 Å². The second-order valence-electron chi connectivity index (χ2n) is 7.43. The second kappa shape index (κ2) is 7.61. The van der Waals surface area contributed by atoms with E-state index in [4.69, 9.17) is 9.47 Å². The Hall–Kier alpha value is -2.53. The monoisotopic (exact) mass is 366 g/mol. The Bertz CT molecular complexity index is 785. The Labute approximate surface area is 160 Å². The number of benzene rings is 2. The molecule has 2 aromatic rings. The Morgan fingerprint density at radius 1 is 1.07 bits per heavy atom. The number of para-hydroxylation sites is 2. The predicted octanol–water partition coefficient (Wildman–Crippen LogP) is 2.95. The van der Waals surface area contributed by atoms with Crippen molar-refractivity contribution in [2.24, 2.45) is 0 Å². The van der Waals surface area contributed by atoms with Gasteiger partial charge in [-0.2, -0.15) is 0 Å². The maximum absolute atomic E-state index is 11.8. The largest absolute Gasteiger partial charge is 0.486 e. The fourth-order valence-electron chi connectivity index (χ4n) is 4.14. The topological polar surface area (TPSA) is 50.8 Å². The Balaban J connectivity index is 1.40. The van der Waals surface area contributed by atoms with Gasteiger partial charge in [0, 0.05) is 26.6 Å². The number of carbonyl (C=O) groups excluding carboxylic acids is 1. The van der Waals surface area contributed by atoms with E-state index >= 15 is 0 Å². The van der Waals surface area contributed by atoms with Crippen LogP contribution in [0.25, 0.3) is 0 Å². The molecule has 5 heteroatoms. The molecule has 27 heavy (non-hydrogen) atoms. The van der Waals surface area contributed by atoms with Crippen LogP contribution in [0.5, 0.6) is 11.5 Å². The molecule has 1 saturated heterocycles. The summed E-state index contributed by atoms with van der Waals surface area (Å²) < 4.78 is 11.9. The molecule has 142 valence electrons. The SMILES string of the molecule is CC(=O)NC1(c2ccccc2)CCN(CC2COc3ccccc3O2)CC1. The van der Waals surface area contributed by atoms with Gasteiger partial charge in [-0.05, 0) is 30.5 Å². The highest BCUT2D eigenvalue weighted by Gasteiger charge is 2.37. The van der Waals surface area contributed by atoms with Gasteiger partial charge in [-0.3, -0.25) is 9.69 Å². The zero-order valence-electron chi connectivity index (χ0n) is 15.7. The minimum atomic E-state index is -0.278. The molecule has 1 amide bonds. The number of rotatable bonds is 4. The third kappa shape index (κ3) is 3.93. The van der Waals surface area contributed by atoms with Crippen LogP contribution in [0.2, 0.25) is 0 Å². The number of hydrogen-bond acceptors (Lipinski definition) is 4. The summed E-state index contributed by atoms with van der Waals surface area (Å²) in [6.45, 7) is 4.83. The molecule has 2 aromatic carbocycles. The summed E-state index contributed by atoms with van der Waals surface area (Å²) >= 11 is 0. The lowest BCUT2D eigenvalue weighted by atomic mass is 9.80. The molecule has 2 aliphatic heterocycles. The van der Waals surface area contributed by atoms with Crippen LogP contribution in [0.3, 0.4) is 0 Å². The molecule has 0 aliphatic carbocycles. The normalized spacial score (nSPS) is 21.4. The molecule has 2 aliphatic rings. The lowest BCUT2D eigenvalue weighted by molar-refractivity contribution is -0.121. The third-order valence-electron chi connectivity index (χ3n) is 5.48. The first-order valence-electron chi connectivity index (χ1n) is 9.60. The van der Waals surface area contributed by atoms with E-state index < -0.39 is 0 Å². The van der Waals surface area contributed by atoms with Crippen LogP contribution in [0, 0.1) is 0 Å². The van der Waals surface area contributed by atoms with Crippen LogP contribution >= 0.6 is 0 Å². The first-order chi connectivity index (χ1) is 13.1. The molecule has 0 bridgehead atoms. The second-order valence-corrected chi connectivity index (χ2v) is 7.43. The lowest BCUT2D eigenvalue weighted by Crippen LogP contribution is -2.54. The van der Waals surface area contributed by atoms with Gasteiger partial charge in [0.15, 0.2) is 11.5 Å².